The lowest BCUT2D eigenvalue weighted by Crippen LogP contribution is -2.39. The van der Waals surface area contributed by atoms with Gasteiger partial charge < -0.3 is 5.32 Å². The Kier molecular flexibility index (Phi) is 31.5. The van der Waals surface area contributed by atoms with E-state index in [1.807, 2.05) is 0 Å². The minimum atomic E-state index is 0.326. The summed E-state index contributed by atoms with van der Waals surface area (Å²) >= 11 is 0. The van der Waals surface area contributed by atoms with Crippen molar-refractivity contribution in [2.45, 2.75) is 232 Å². The minimum absolute atomic E-state index is 0.326. The predicted octanol–water partition coefficient (Wildman–Crippen LogP) is 13.5. The van der Waals surface area contributed by atoms with Crippen molar-refractivity contribution < 1.29 is 0 Å². The van der Waals surface area contributed by atoms with Gasteiger partial charge in [0, 0.05) is 5.54 Å². The van der Waals surface area contributed by atoms with Gasteiger partial charge in [-0.05, 0) is 33.2 Å². The highest BCUT2D eigenvalue weighted by Gasteiger charge is 2.15. The Morgan fingerprint density at radius 1 is 0.316 bits per heavy atom. The molecule has 0 saturated heterocycles. The van der Waals surface area contributed by atoms with Gasteiger partial charge in [-0.3, -0.25) is 0 Å². The standard InChI is InChI=1S/C37H77N/c1-5-7-9-11-13-15-17-19-21-22-24-26-28-30-32-34-36-38-37(3,4)35-33-31-29-27-25-23-20-18-16-14-12-10-8-6-2/h38H,5-36H2,1-4H3. The molecule has 0 aliphatic rings. The first-order chi connectivity index (χ1) is 18.6. The third kappa shape index (κ3) is 32.2. The number of nitrogens with one attached hydrogen (secondary N) is 1. The van der Waals surface area contributed by atoms with Gasteiger partial charge in [0.1, 0.15) is 0 Å². The Balaban J connectivity index is 3.26. The molecule has 0 aromatic rings. The van der Waals surface area contributed by atoms with Crippen LogP contribution in [-0.4, -0.2) is 12.1 Å². The molecule has 230 valence electrons. The summed E-state index contributed by atoms with van der Waals surface area (Å²) in [4.78, 5) is 0. The van der Waals surface area contributed by atoms with E-state index < -0.39 is 0 Å². The maximum Gasteiger partial charge on any atom is 0.0125 e. The second-order valence-electron chi connectivity index (χ2n) is 13.5. The van der Waals surface area contributed by atoms with Crippen LogP contribution in [0.15, 0.2) is 0 Å². The molecule has 0 aliphatic carbocycles. The Hall–Kier alpha value is -0.0400. The van der Waals surface area contributed by atoms with Crippen LogP contribution in [0.4, 0.5) is 0 Å². The van der Waals surface area contributed by atoms with E-state index in [0.717, 1.165) is 0 Å². The maximum absolute atomic E-state index is 3.86. The number of hydrogen-bond acceptors (Lipinski definition) is 1. The van der Waals surface area contributed by atoms with Crippen molar-refractivity contribution in [2.75, 3.05) is 6.54 Å². The zero-order chi connectivity index (χ0) is 27.8. The predicted molar refractivity (Wildman–Crippen MR) is 177 cm³/mol. The summed E-state index contributed by atoms with van der Waals surface area (Å²) in [6.45, 7) is 10.7. The molecule has 0 saturated carbocycles. The molecule has 0 unspecified atom stereocenters. The van der Waals surface area contributed by atoms with Gasteiger partial charge in [0.15, 0.2) is 0 Å². The highest BCUT2D eigenvalue weighted by molar-refractivity contribution is 4.77. The molecule has 0 atom stereocenters. The second-order valence-corrected chi connectivity index (χ2v) is 13.5. The monoisotopic (exact) mass is 536 g/mol. The van der Waals surface area contributed by atoms with Crippen molar-refractivity contribution in [1.29, 1.82) is 0 Å². The van der Waals surface area contributed by atoms with Crippen LogP contribution in [0.25, 0.3) is 0 Å². The molecule has 0 fully saturated rings. The van der Waals surface area contributed by atoms with Gasteiger partial charge in [0.25, 0.3) is 0 Å². The first-order valence-corrected chi connectivity index (χ1v) is 18.4. The van der Waals surface area contributed by atoms with Crippen LogP contribution in [-0.2, 0) is 0 Å². The topological polar surface area (TPSA) is 12.0 Å². The van der Waals surface area contributed by atoms with Gasteiger partial charge in [0.2, 0.25) is 0 Å². The Morgan fingerprint density at radius 2 is 0.553 bits per heavy atom. The van der Waals surface area contributed by atoms with E-state index in [1.54, 1.807) is 0 Å². The molecular weight excluding hydrogens is 458 g/mol. The van der Waals surface area contributed by atoms with E-state index >= 15 is 0 Å². The van der Waals surface area contributed by atoms with Crippen molar-refractivity contribution in [3.63, 3.8) is 0 Å². The van der Waals surface area contributed by atoms with E-state index in [9.17, 15) is 0 Å². The molecule has 0 amide bonds. The van der Waals surface area contributed by atoms with Crippen LogP contribution in [0.3, 0.4) is 0 Å². The normalized spacial score (nSPS) is 12.0. The number of hydrogen-bond donors (Lipinski definition) is 1. The fourth-order valence-corrected chi connectivity index (χ4v) is 5.95. The first kappa shape index (κ1) is 38.0. The zero-order valence-corrected chi connectivity index (χ0v) is 27.6. The fourth-order valence-electron chi connectivity index (χ4n) is 5.95. The summed E-state index contributed by atoms with van der Waals surface area (Å²) in [7, 11) is 0. The van der Waals surface area contributed by atoms with Crippen molar-refractivity contribution in [1.82, 2.24) is 5.32 Å². The zero-order valence-electron chi connectivity index (χ0n) is 27.6. The quantitative estimate of drug-likeness (QED) is 0.0824. The minimum Gasteiger partial charge on any atom is -0.312 e. The van der Waals surface area contributed by atoms with Crippen LogP contribution in [0, 0.1) is 0 Å². The third-order valence-corrected chi connectivity index (χ3v) is 8.79. The highest BCUT2D eigenvalue weighted by atomic mass is 14.9. The van der Waals surface area contributed by atoms with E-state index in [-0.39, 0.29) is 0 Å². The van der Waals surface area contributed by atoms with Gasteiger partial charge in [-0.15, -0.1) is 0 Å². The molecule has 0 aliphatic heterocycles. The molecule has 0 aromatic carbocycles. The van der Waals surface area contributed by atoms with Crippen LogP contribution >= 0.6 is 0 Å². The highest BCUT2D eigenvalue weighted by Crippen LogP contribution is 2.18. The van der Waals surface area contributed by atoms with Crippen molar-refractivity contribution in [3.8, 4) is 0 Å². The van der Waals surface area contributed by atoms with E-state index in [1.165, 1.54) is 206 Å². The molecule has 1 N–H and O–H groups in total. The smallest absolute Gasteiger partial charge is 0.0125 e. The number of unbranched alkanes of at least 4 members (excludes halogenated alkanes) is 28. The van der Waals surface area contributed by atoms with Gasteiger partial charge in [0.05, 0.1) is 0 Å². The molecule has 0 heterocycles. The molecule has 0 rings (SSSR count). The van der Waals surface area contributed by atoms with E-state index in [2.05, 4.69) is 33.0 Å². The summed E-state index contributed by atoms with van der Waals surface area (Å²) < 4.78 is 0. The second kappa shape index (κ2) is 31.5. The van der Waals surface area contributed by atoms with Crippen molar-refractivity contribution >= 4 is 0 Å². The maximum atomic E-state index is 3.86. The van der Waals surface area contributed by atoms with E-state index in [4.69, 9.17) is 0 Å². The molecule has 1 heteroatoms. The molecule has 0 radical (unpaired) electrons. The Labute approximate surface area is 243 Å². The Morgan fingerprint density at radius 3 is 0.842 bits per heavy atom. The van der Waals surface area contributed by atoms with Crippen LogP contribution < -0.4 is 5.32 Å². The molecule has 0 bridgehead atoms. The van der Waals surface area contributed by atoms with Crippen molar-refractivity contribution in [3.05, 3.63) is 0 Å². The average Bonchev–Trinajstić information content (AvgIpc) is 2.90. The fraction of sp³-hybridized carbons (Fsp3) is 1.00. The lowest BCUT2D eigenvalue weighted by Gasteiger charge is -2.26. The third-order valence-electron chi connectivity index (χ3n) is 8.79. The summed E-state index contributed by atoms with van der Waals surface area (Å²) in [5, 5.41) is 3.86. The average molecular weight is 536 g/mol. The Bertz CT molecular complexity index is 415. The molecule has 1 nitrogen and oxygen atoms in total. The largest absolute Gasteiger partial charge is 0.312 e. The van der Waals surface area contributed by atoms with Crippen LogP contribution in [0.2, 0.25) is 0 Å². The first-order valence-electron chi connectivity index (χ1n) is 18.4. The molecule has 0 spiro atoms. The van der Waals surface area contributed by atoms with Gasteiger partial charge in [-0.2, -0.15) is 0 Å². The lowest BCUT2D eigenvalue weighted by atomic mass is 9.95. The SMILES string of the molecule is CCCCCCCCCCCCCCCCCCNC(C)(C)CCCCCCCCCCCCCCCC. The lowest BCUT2D eigenvalue weighted by molar-refractivity contribution is 0.342. The van der Waals surface area contributed by atoms with Gasteiger partial charge in [-0.1, -0.05) is 200 Å². The molecule has 38 heavy (non-hydrogen) atoms. The van der Waals surface area contributed by atoms with E-state index in [0.29, 0.717) is 5.54 Å². The van der Waals surface area contributed by atoms with Crippen molar-refractivity contribution in [2.24, 2.45) is 0 Å². The van der Waals surface area contributed by atoms with Crippen LogP contribution in [0.5, 0.6) is 0 Å². The molecule has 0 aromatic heterocycles. The summed E-state index contributed by atoms with van der Waals surface area (Å²) in [6, 6.07) is 0. The van der Waals surface area contributed by atoms with Crippen LogP contribution in [0.1, 0.15) is 227 Å². The van der Waals surface area contributed by atoms with Gasteiger partial charge in [-0.25, -0.2) is 0 Å². The summed E-state index contributed by atoms with van der Waals surface area (Å²) in [5.74, 6) is 0. The summed E-state index contributed by atoms with van der Waals surface area (Å²) in [6.07, 6.45) is 44.9. The molecular formula is C37H77N. The summed E-state index contributed by atoms with van der Waals surface area (Å²) in [5.41, 5.74) is 0.326. The van der Waals surface area contributed by atoms with Gasteiger partial charge >= 0.3 is 0 Å². The number of rotatable bonds is 33.